The maximum atomic E-state index is 4.19. The van der Waals surface area contributed by atoms with Crippen molar-refractivity contribution in [2.45, 2.75) is 39.7 Å². The van der Waals surface area contributed by atoms with Crippen molar-refractivity contribution in [3.63, 3.8) is 0 Å². The molecule has 0 amide bonds. The number of halogens is 1. The zero-order chi connectivity index (χ0) is 13.1. The summed E-state index contributed by atoms with van der Waals surface area (Å²) in [5.41, 5.74) is 3.66. The van der Waals surface area contributed by atoms with Crippen molar-refractivity contribution in [3.8, 4) is 0 Å². The van der Waals surface area contributed by atoms with Gasteiger partial charge in [0.1, 0.15) is 0 Å². The molecule has 0 N–H and O–H groups in total. The van der Waals surface area contributed by atoms with Crippen LogP contribution in [0.5, 0.6) is 0 Å². The average molecular weight is 308 g/mol. The summed E-state index contributed by atoms with van der Waals surface area (Å²) in [7, 11) is 0. The van der Waals surface area contributed by atoms with Gasteiger partial charge >= 0.3 is 0 Å². The summed E-state index contributed by atoms with van der Waals surface area (Å²) in [6.45, 7) is 7.27. The van der Waals surface area contributed by atoms with Crippen LogP contribution in [0.2, 0.25) is 0 Å². The van der Waals surface area contributed by atoms with Crippen molar-refractivity contribution in [2.24, 2.45) is 0 Å². The van der Waals surface area contributed by atoms with E-state index < -0.39 is 0 Å². The number of hydrogen-bond donors (Lipinski definition) is 0. The highest BCUT2D eigenvalue weighted by Crippen LogP contribution is 2.25. The van der Waals surface area contributed by atoms with Gasteiger partial charge in [-0.2, -0.15) is 0 Å². The Morgan fingerprint density at radius 3 is 2.78 bits per heavy atom. The van der Waals surface area contributed by atoms with E-state index in [1.807, 2.05) is 10.9 Å². The maximum absolute atomic E-state index is 4.19. The van der Waals surface area contributed by atoms with Crippen molar-refractivity contribution < 1.29 is 0 Å². The van der Waals surface area contributed by atoms with E-state index in [-0.39, 0.29) is 0 Å². The Hall–Kier alpha value is -1.16. The molecule has 1 atom stereocenters. The van der Waals surface area contributed by atoms with Gasteiger partial charge in [-0.1, -0.05) is 40.2 Å². The second-order valence-electron chi connectivity index (χ2n) is 4.68. The number of rotatable bonds is 4. The molecular formula is C14H18BrN3. The second-order valence-corrected chi connectivity index (χ2v) is 5.53. The summed E-state index contributed by atoms with van der Waals surface area (Å²) in [6, 6.07) is 6.54. The van der Waals surface area contributed by atoms with Crippen molar-refractivity contribution >= 4 is 15.9 Å². The molecule has 18 heavy (non-hydrogen) atoms. The first kappa shape index (κ1) is 13.3. The number of aromatic nitrogens is 3. The van der Waals surface area contributed by atoms with Gasteiger partial charge in [-0.15, -0.1) is 5.10 Å². The molecule has 1 unspecified atom stereocenters. The van der Waals surface area contributed by atoms with Crippen molar-refractivity contribution in [3.05, 3.63) is 45.7 Å². The minimum atomic E-state index is 0.448. The van der Waals surface area contributed by atoms with Crippen LogP contribution in [0.3, 0.4) is 0 Å². The van der Waals surface area contributed by atoms with E-state index in [2.05, 4.69) is 65.2 Å². The van der Waals surface area contributed by atoms with Gasteiger partial charge in [0.15, 0.2) is 0 Å². The van der Waals surface area contributed by atoms with E-state index >= 15 is 0 Å². The molecule has 1 heterocycles. The SMILES string of the molecule is CCn1cc(CC(C)c2ccc(C)c(Br)c2)nn1. The molecular weight excluding hydrogens is 290 g/mol. The van der Waals surface area contributed by atoms with Gasteiger partial charge in [-0.25, -0.2) is 0 Å². The van der Waals surface area contributed by atoms with Gasteiger partial charge < -0.3 is 0 Å². The van der Waals surface area contributed by atoms with E-state index in [0.717, 1.165) is 18.7 Å². The van der Waals surface area contributed by atoms with Crippen molar-refractivity contribution in [1.82, 2.24) is 15.0 Å². The molecule has 1 aromatic carbocycles. The molecule has 1 aromatic heterocycles. The lowest BCUT2D eigenvalue weighted by molar-refractivity contribution is 0.626. The predicted molar refractivity (Wildman–Crippen MR) is 76.7 cm³/mol. The van der Waals surface area contributed by atoms with Gasteiger partial charge in [0.05, 0.1) is 5.69 Å². The third kappa shape index (κ3) is 2.99. The minimum Gasteiger partial charge on any atom is -0.253 e. The number of hydrogen-bond acceptors (Lipinski definition) is 2. The molecule has 96 valence electrons. The number of benzene rings is 1. The first-order chi connectivity index (χ1) is 8.60. The predicted octanol–water partition coefficient (Wildman–Crippen LogP) is 3.72. The Kier molecular flexibility index (Phi) is 4.17. The lowest BCUT2D eigenvalue weighted by atomic mass is 9.96. The lowest BCUT2D eigenvalue weighted by Gasteiger charge is -2.11. The molecule has 2 rings (SSSR count). The normalized spacial score (nSPS) is 12.7. The van der Waals surface area contributed by atoms with Crippen LogP contribution >= 0.6 is 15.9 Å². The Labute approximate surface area is 116 Å². The van der Waals surface area contributed by atoms with Crippen molar-refractivity contribution in [2.75, 3.05) is 0 Å². The molecule has 0 aliphatic heterocycles. The summed E-state index contributed by atoms with van der Waals surface area (Å²) in [5, 5.41) is 8.26. The van der Waals surface area contributed by atoms with E-state index in [1.165, 1.54) is 15.6 Å². The Morgan fingerprint density at radius 1 is 1.39 bits per heavy atom. The Morgan fingerprint density at radius 2 is 2.17 bits per heavy atom. The molecule has 0 fully saturated rings. The molecule has 4 heteroatoms. The van der Waals surface area contributed by atoms with Crippen molar-refractivity contribution in [1.29, 1.82) is 0 Å². The molecule has 0 saturated heterocycles. The fourth-order valence-corrected chi connectivity index (χ4v) is 2.33. The van der Waals surface area contributed by atoms with E-state index in [1.54, 1.807) is 0 Å². The molecule has 3 nitrogen and oxygen atoms in total. The van der Waals surface area contributed by atoms with Crippen LogP contribution < -0.4 is 0 Å². The first-order valence-electron chi connectivity index (χ1n) is 6.25. The lowest BCUT2D eigenvalue weighted by Crippen LogP contribution is -1.99. The molecule has 0 aliphatic rings. The summed E-state index contributed by atoms with van der Waals surface area (Å²) in [5.74, 6) is 0.448. The highest BCUT2D eigenvalue weighted by atomic mass is 79.9. The van der Waals surface area contributed by atoms with Gasteiger partial charge in [-0.05, 0) is 43.4 Å². The van der Waals surface area contributed by atoms with Crippen LogP contribution in [-0.4, -0.2) is 15.0 Å². The second kappa shape index (κ2) is 5.65. The third-order valence-corrected chi connectivity index (χ3v) is 4.04. The number of aryl methyl sites for hydroxylation is 2. The molecule has 0 spiro atoms. The Balaban J connectivity index is 2.11. The topological polar surface area (TPSA) is 30.7 Å². The zero-order valence-corrected chi connectivity index (χ0v) is 12.6. The highest BCUT2D eigenvalue weighted by Gasteiger charge is 2.10. The fraction of sp³-hybridized carbons (Fsp3) is 0.429. The molecule has 0 bridgehead atoms. The quantitative estimate of drug-likeness (QED) is 0.862. The smallest absolute Gasteiger partial charge is 0.0833 e. The Bertz CT molecular complexity index is 534. The minimum absolute atomic E-state index is 0.448. The maximum Gasteiger partial charge on any atom is 0.0833 e. The monoisotopic (exact) mass is 307 g/mol. The fourth-order valence-electron chi connectivity index (χ4n) is 1.93. The van der Waals surface area contributed by atoms with E-state index in [9.17, 15) is 0 Å². The van der Waals surface area contributed by atoms with Crippen LogP contribution in [0.1, 0.15) is 36.6 Å². The van der Waals surface area contributed by atoms with Crippen LogP contribution in [-0.2, 0) is 13.0 Å². The largest absolute Gasteiger partial charge is 0.253 e. The van der Waals surface area contributed by atoms with E-state index in [4.69, 9.17) is 0 Å². The van der Waals surface area contributed by atoms with Gasteiger partial charge in [-0.3, -0.25) is 4.68 Å². The molecule has 0 saturated carbocycles. The first-order valence-corrected chi connectivity index (χ1v) is 7.04. The van der Waals surface area contributed by atoms with Crippen LogP contribution in [0.15, 0.2) is 28.9 Å². The molecule has 2 aromatic rings. The summed E-state index contributed by atoms with van der Waals surface area (Å²) < 4.78 is 3.04. The summed E-state index contributed by atoms with van der Waals surface area (Å²) in [6.07, 6.45) is 2.95. The number of nitrogens with zero attached hydrogens (tertiary/aromatic N) is 3. The summed E-state index contributed by atoms with van der Waals surface area (Å²) >= 11 is 3.58. The third-order valence-electron chi connectivity index (χ3n) is 3.19. The zero-order valence-electron chi connectivity index (χ0n) is 11.0. The van der Waals surface area contributed by atoms with Crippen LogP contribution in [0.25, 0.3) is 0 Å². The van der Waals surface area contributed by atoms with Crippen LogP contribution in [0.4, 0.5) is 0 Å². The standard InChI is InChI=1S/C14H18BrN3/c1-4-18-9-13(16-17-18)7-11(3)12-6-5-10(2)14(15)8-12/h5-6,8-9,11H,4,7H2,1-3H3. The molecule has 0 radical (unpaired) electrons. The van der Waals surface area contributed by atoms with Gasteiger partial charge in [0, 0.05) is 17.2 Å². The average Bonchev–Trinajstić information content (AvgIpc) is 2.80. The van der Waals surface area contributed by atoms with Crippen LogP contribution in [0, 0.1) is 6.92 Å². The van der Waals surface area contributed by atoms with E-state index in [0.29, 0.717) is 5.92 Å². The van der Waals surface area contributed by atoms with Gasteiger partial charge in [0.25, 0.3) is 0 Å². The highest BCUT2D eigenvalue weighted by molar-refractivity contribution is 9.10. The molecule has 0 aliphatic carbocycles. The summed E-state index contributed by atoms with van der Waals surface area (Å²) in [4.78, 5) is 0. The van der Waals surface area contributed by atoms with Gasteiger partial charge in [0.2, 0.25) is 0 Å².